The highest BCUT2D eigenvalue weighted by Gasteiger charge is 2.28. The van der Waals surface area contributed by atoms with Crippen molar-refractivity contribution in [2.45, 2.75) is 69.2 Å². The van der Waals surface area contributed by atoms with Crippen molar-refractivity contribution in [1.82, 2.24) is 0 Å². The summed E-state index contributed by atoms with van der Waals surface area (Å²) in [4.78, 5) is 37.8. The van der Waals surface area contributed by atoms with E-state index in [1.165, 1.54) is 0 Å². The number of anilines is 3. The van der Waals surface area contributed by atoms with Crippen LogP contribution in [-0.2, 0) is 14.4 Å². The van der Waals surface area contributed by atoms with Crippen LogP contribution >= 0.6 is 0 Å². The molecule has 0 aliphatic heterocycles. The average molecular weight is 390 g/mol. The van der Waals surface area contributed by atoms with Gasteiger partial charge in [0, 0.05) is 16.2 Å². The van der Waals surface area contributed by atoms with Gasteiger partial charge in [-0.25, -0.2) is 0 Å². The van der Waals surface area contributed by atoms with Gasteiger partial charge in [0.25, 0.3) is 0 Å². The third kappa shape index (κ3) is 6.36. The van der Waals surface area contributed by atoms with Crippen molar-refractivity contribution < 1.29 is 14.4 Å². The molecule has 0 fully saturated rings. The van der Waals surface area contributed by atoms with E-state index in [4.69, 9.17) is 0 Å². The van der Waals surface area contributed by atoms with Crippen molar-refractivity contribution in [3.05, 3.63) is 17.7 Å². The van der Waals surface area contributed by atoms with Crippen molar-refractivity contribution >= 4 is 34.8 Å². The summed E-state index contributed by atoms with van der Waals surface area (Å²) in [5.74, 6) is -0.580. The van der Waals surface area contributed by atoms with E-state index in [1.807, 2.05) is 48.5 Å². The van der Waals surface area contributed by atoms with Crippen LogP contribution in [0.5, 0.6) is 0 Å². The third-order valence-corrected chi connectivity index (χ3v) is 4.06. The Morgan fingerprint density at radius 2 is 0.893 bits per heavy atom. The second-order valence-electron chi connectivity index (χ2n) is 10.3. The molecule has 0 saturated heterocycles. The molecule has 6 nitrogen and oxygen atoms in total. The van der Waals surface area contributed by atoms with Gasteiger partial charge in [0.2, 0.25) is 17.7 Å². The van der Waals surface area contributed by atoms with E-state index in [0.29, 0.717) is 17.1 Å². The highest BCUT2D eigenvalue weighted by atomic mass is 16.2. The van der Waals surface area contributed by atoms with Crippen molar-refractivity contribution in [2.75, 3.05) is 16.0 Å². The first kappa shape index (κ1) is 23.7. The quantitative estimate of drug-likeness (QED) is 0.683. The highest BCUT2D eigenvalue weighted by Crippen LogP contribution is 2.36. The van der Waals surface area contributed by atoms with E-state index < -0.39 is 16.2 Å². The predicted molar refractivity (Wildman–Crippen MR) is 115 cm³/mol. The minimum atomic E-state index is -0.637. The monoisotopic (exact) mass is 389 g/mol. The van der Waals surface area contributed by atoms with Crippen molar-refractivity contribution in [3.8, 4) is 0 Å². The molecule has 156 valence electrons. The fourth-order valence-corrected chi connectivity index (χ4v) is 2.04. The maximum absolute atomic E-state index is 12.7. The van der Waals surface area contributed by atoms with E-state index >= 15 is 0 Å². The molecular formula is C22H35N3O3. The van der Waals surface area contributed by atoms with Gasteiger partial charge < -0.3 is 16.0 Å². The molecule has 0 spiro atoms. The van der Waals surface area contributed by atoms with Crippen molar-refractivity contribution in [1.29, 1.82) is 0 Å². The van der Waals surface area contributed by atoms with Gasteiger partial charge in [-0.1, -0.05) is 62.3 Å². The zero-order chi connectivity index (χ0) is 22.1. The lowest BCUT2D eigenvalue weighted by Gasteiger charge is -2.26. The van der Waals surface area contributed by atoms with Crippen LogP contribution in [0.4, 0.5) is 17.1 Å². The number of hydrogen-bond acceptors (Lipinski definition) is 3. The first-order valence-electron chi connectivity index (χ1n) is 9.52. The summed E-state index contributed by atoms with van der Waals surface area (Å²) in [6.07, 6.45) is 0. The summed E-state index contributed by atoms with van der Waals surface area (Å²) in [5.41, 5.74) is 0.307. The lowest BCUT2D eigenvalue weighted by Crippen LogP contribution is -2.32. The van der Waals surface area contributed by atoms with Gasteiger partial charge in [0.15, 0.2) is 0 Å². The third-order valence-electron chi connectivity index (χ3n) is 4.06. The van der Waals surface area contributed by atoms with Gasteiger partial charge >= 0.3 is 0 Å². The van der Waals surface area contributed by atoms with Crippen LogP contribution < -0.4 is 16.0 Å². The molecule has 0 unspecified atom stereocenters. The van der Waals surface area contributed by atoms with Gasteiger partial charge in [-0.3, -0.25) is 14.4 Å². The molecule has 3 amide bonds. The fourth-order valence-electron chi connectivity index (χ4n) is 2.04. The lowest BCUT2D eigenvalue weighted by atomic mass is 9.94. The second kappa shape index (κ2) is 7.94. The van der Waals surface area contributed by atoms with Crippen LogP contribution in [0.1, 0.15) is 67.9 Å². The van der Waals surface area contributed by atoms with Gasteiger partial charge in [0.05, 0.1) is 17.1 Å². The molecule has 0 bridgehead atoms. The number of nitrogens with one attached hydrogen (secondary N) is 3. The minimum absolute atomic E-state index is 0.183. The van der Waals surface area contributed by atoms with Crippen molar-refractivity contribution in [2.24, 2.45) is 16.2 Å². The van der Waals surface area contributed by atoms with Gasteiger partial charge in [0.1, 0.15) is 0 Å². The lowest BCUT2D eigenvalue weighted by molar-refractivity contribution is -0.124. The number of hydrogen-bond donors (Lipinski definition) is 3. The molecule has 3 N–H and O–H groups in total. The smallest absolute Gasteiger partial charge is 0.229 e. The molecule has 0 atom stereocenters. The Bertz CT molecular complexity index is 727. The Balaban J connectivity index is 3.50. The number of benzene rings is 1. The van der Waals surface area contributed by atoms with Crippen LogP contribution in [0.15, 0.2) is 12.1 Å². The van der Waals surface area contributed by atoms with Crippen molar-refractivity contribution in [3.63, 3.8) is 0 Å². The topological polar surface area (TPSA) is 87.3 Å². The summed E-state index contributed by atoms with van der Waals surface area (Å²) in [6, 6.07) is 3.57. The molecule has 0 aliphatic rings. The standard InChI is InChI=1S/C22H35N3O3/c1-13-11-14(23-17(26)20(2,3)4)16(25-19(28)22(8,9)10)15(12-13)24-18(27)21(5,6)7/h11-12H,1-10H3,(H,23,26)(H,24,27)(H,25,28). The van der Waals surface area contributed by atoms with Gasteiger partial charge in [-0.05, 0) is 24.6 Å². The summed E-state index contributed by atoms with van der Waals surface area (Å²) < 4.78 is 0. The molecule has 1 aromatic carbocycles. The van der Waals surface area contributed by atoms with Gasteiger partial charge in [-0.15, -0.1) is 0 Å². The Morgan fingerprint density at radius 1 is 0.607 bits per heavy atom. The molecule has 0 heterocycles. The second-order valence-corrected chi connectivity index (χ2v) is 10.3. The van der Waals surface area contributed by atoms with E-state index in [1.54, 1.807) is 32.9 Å². The maximum atomic E-state index is 12.7. The highest BCUT2D eigenvalue weighted by molar-refractivity contribution is 6.08. The van der Waals surface area contributed by atoms with Crippen LogP contribution in [0.3, 0.4) is 0 Å². The largest absolute Gasteiger partial charge is 0.324 e. The normalized spacial score (nSPS) is 12.4. The zero-order valence-electron chi connectivity index (χ0n) is 18.9. The molecule has 1 aromatic rings. The van der Waals surface area contributed by atoms with Crippen LogP contribution in [0, 0.1) is 23.2 Å². The summed E-state index contributed by atoms with van der Waals surface area (Å²) in [7, 11) is 0. The summed E-state index contributed by atoms with van der Waals surface area (Å²) in [6.45, 7) is 18.2. The average Bonchev–Trinajstić information content (AvgIpc) is 2.47. The molecule has 1 rings (SSSR count). The van der Waals surface area contributed by atoms with Crippen LogP contribution in [0.2, 0.25) is 0 Å². The first-order chi connectivity index (χ1) is 12.4. The SMILES string of the molecule is Cc1cc(NC(=O)C(C)(C)C)c(NC(=O)C(C)(C)C)c(NC(=O)C(C)(C)C)c1. The van der Waals surface area contributed by atoms with E-state index in [0.717, 1.165) is 5.56 Å². The number of carbonyl (C=O) groups excluding carboxylic acids is 3. The summed E-state index contributed by atoms with van der Waals surface area (Å²) >= 11 is 0. The van der Waals surface area contributed by atoms with Crippen LogP contribution in [0.25, 0.3) is 0 Å². The molecule has 0 saturated carbocycles. The number of carbonyl (C=O) groups is 3. The molecular weight excluding hydrogens is 354 g/mol. The van der Waals surface area contributed by atoms with E-state index in [2.05, 4.69) is 16.0 Å². The maximum Gasteiger partial charge on any atom is 0.229 e. The number of amides is 3. The van der Waals surface area contributed by atoms with Crippen LogP contribution in [-0.4, -0.2) is 17.7 Å². The van der Waals surface area contributed by atoms with E-state index in [9.17, 15) is 14.4 Å². The number of rotatable bonds is 3. The Morgan fingerprint density at radius 3 is 1.18 bits per heavy atom. The molecule has 0 aliphatic carbocycles. The minimum Gasteiger partial charge on any atom is -0.324 e. The molecule has 0 radical (unpaired) electrons. The summed E-state index contributed by atoms with van der Waals surface area (Å²) in [5, 5.41) is 8.68. The van der Waals surface area contributed by atoms with Gasteiger partial charge in [-0.2, -0.15) is 0 Å². The fraction of sp³-hybridized carbons (Fsp3) is 0.591. The Kier molecular flexibility index (Phi) is 6.71. The zero-order valence-corrected chi connectivity index (χ0v) is 18.9. The first-order valence-corrected chi connectivity index (χ1v) is 9.52. The molecule has 6 heteroatoms. The van der Waals surface area contributed by atoms with E-state index in [-0.39, 0.29) is 17.7 Å². The Labute approximate surface area is 168 Å². The molecule has 0 aromatic heterocycles. The Hall–Kier alpha value is -2.37. The predicted octanol–water partition coefficient (Wildman–Crippen LogP) is 4.95. The number of aryl methyl sites for hydroxylation is 1. The molecule has 28 heavy (non-hydrogen) atoms.